The van der Waals surface area contributed by atoms with E-state index in [1.165, 1.54) is 22.3 Å². The number of benzene rings is 7. The number of anilines is 6. The molecule has 56 heavy (non-hydrogen) atoms. The quantitative estimate of drug-likeness (QED) is 0.104. The molecule has 0 aliphatic heterocycles. The van der Waals surface area contributed by atoms with E-state index in [-0.39, 0.29) is 0 Å². The van der Waals surface area contributed by atoms with Crippen molar-refractivity contribution >= 4 is 64.1 Å². The molecule has 0 bridgehead atoms. The Kier molecular flexibility index (Phi) is 11.0. The van der Waals surface area contributed by atoms with E-state index >= 15 is 0 Å². The maximum atomic E-state index is 10.2. The molecular weight excluding hydrogens is 681 g/mol. The van der Waals surface area contributed by atoms with Crippen molar-refractivity contribution in [3.05, 3.63) is 219 Å². The van der Waals surface area contributed by atoms with Gasteiger partial charge in [0.2, 0.25) is 0 Å². The zero-order valence-electron chi connectivity index (χ0n) is 32.1. The summed E-state index contributed by atoms with van der Waals surface area (Å²) in [5.74, 6) is 0. The normalized spacial score (nSPS) is 11.0. The van der Waals surface area contributed by atoms with Gasteiger partial charge in [0.15, 0.2) is 5.69 Å². The van der Waals surface area contributed by atoms with Crippen molar-refractivity contribution in [2.75, 3.05) is 9.80 Å². The van der Waals surface area contributed by atoms with Crippen molar-refractivity contribution in [1.29, 1.82) is 5.26 Å². The first-order valence-electron chi connectivity index (χ1n) is 18.7. The first-order valence-corrected chi connectivity index (χ1v) is 18.7. The number of hydrogen-bond acceptors (Lipinski definition) is 3. The van der Waals surface area contributed by atoms with Gasteiger partial charge in [0.1, 0.15) is 0 Å². The summed E-state index contributed by atoms with van der Waals surface area (Å²) in [6, 6.07) is 56.8. The Labute approximate surface area is 331 Å². The first kappa shape index (κ1) is 36.9. The van der Waals surface area contributed by atoms with E-state index < -0.39 is 0 Å². The van der Waals surface area contributed by atoms with Gasteiger partial charge < -0.3 is 9.80 Å². The summed E-state index contributed by atoms with van der Waals surface area (Å²) in [6.45, 7) is 16.4. The molecule has 7 rings (SSSR count). The molecular formula is C52H42N4. The van der Waals surface area contributed by atoms with Gasteiger partial charge >= 0.3 is 0 Å². The van der Waals surface area contributed by atoms with Crippen LogP contribution in [0.1, 0.15) is 50.1 Å². The maximum absolute atomic E-state index is 10.2. The smallest absolute Gasteiger partial charge is 0.194 e. The Balaban J connectivity index is 1.12. The Morgan fingerprint density at radius 3 is 1.16 bits per heavy atom. The largest absolute Gasteiger partial charge is 0.310 e. The lowest BCUT2D eigenvalue weighted by Crippen LogP contribution is -2.10. The minimum Gasteiger partial charge on any atom is -0.310 e. The van der Waals surface area contributed by atoms with Crippen molar-refractivity contribution in [3.8, 4) is 6.07 Å². The lowest BCUT2D eigenvalue weighted by atomic mass is 10.0. The maximum Gasteiger partial charge on any atom is 0.194 e. The number of nitrogens with zero attached hydrogens (tertiary/aromatic N) is 4. The van der Waals surface area contributed by atoms with Crippen molar-refractivity contribution in [2.24, 2.45) is 0 Å². The van der Waals surface area contributed by atoms with Gasteiger partial charge in [-0.2, -0.15) is 5.26 Å². The van der Waals surface area contributed by atoms with Gasteiger partial charge in [0.25, 0.3) is 0 Å². The SMILES string of the molecule is [C-]#[N+]c1cc(/C=C\c2ccc(N(c3cccc(C)c3)c3cccc(C)c3)cc2)c(C#N)cc1/C=C\c1ccc(N(c2cccc(C)c2)c2cccc(C)c2)cc1. The predicted octanol–water partition coefficient (Wildman–Crippen LogP) is 14.6. The van der Waals surface area contributed by atoms with Crippen LogP contribution >= 0.6 is 0 Å². The highest BCUT2D eigenvalue weighted by Gasteiger charge is 2.15. The lowest BCUT2D eigenvalue weighted by Gasteiger charge is -2.26. The fourth-order valence-electron chi connectivity index (χ4n) is 6.89. The van der Waals surface area contributed by atoms with Crippen LogP contribution in [-0.4, -0.2) is 0 Å². The van der Waals surface area contributed by atoms with E-state index in [0.717, 1.165) is 45.3 Å². The standard InChI is InChI=1S/C52H42N4/c1-37-10-6-14-48(30-37)55(49-15-7-11-38(2)31-49)46-26-20-41(21-27-46)18-24-43-35-52(54-5)44(34-45(43)36-53)25-19-42-22-28-47(29-23-42)56(50-16-8-12-39(3)32-50)51-17-9-13-40(4)33-51/h6-35H,1-4H3/b24-18-,25-19-. The molecule has 270 valence electrons. The zero-order valence-corrected chi connectivity index (χ0v) is 32.1. The molecule has 0 saturated heterocycles. The highest BCUT2D eigenvalue weighted by Crippen LogP contribution is 2.37. The summed E-state index contributed by atoms with van der Waals surface area (Å²) in [6.07, 6.45) is 7.82. The molecule has 0 amide bonds. The molecule has 0 spiro atoms. The fourth-order valence-corrected chi connectivity index (χ4v) is 6.89. The van der Waals surface area contributed by atoms with E-state index in [4.69, 9.17) is 6.57 Å². The summed E-state index contributed by atoms with van der Waals surface area (Å²) >= 11 is 0. The molecule has 0 fully saturated rings. The van der Waals surface area contributed by atoms with Crippen LogP contribution < -0.4 is 9.80 Å². The molecule has 0 N–H and O–H groups in total. The molecule has 0 aliphatic rings. The van der Waals surface area contributed by atoms with E-state index in [1.54, 1.807) is 12.1 Å². The molecule has 0 heterocycles. The van der Waals surface area contributed by atoms with E-state index in [1.807, 2.05) is 24.3 Å². The van der Waals surface area contributed by atoms with Gasteiger partial charge in [-0.15, -0.1) is 0 Å². The van der Waals surface area contributed by atoms with Gasteiger partial charge in [-0.1, -0.05) is 97.1 Å². The molecule has 0 atom stereocenters. The van der Waals surface area contributed by atoms with Crippen LogP contribution in [0.5, 0.6) is 0 Å². The highest BCUT2D eigenvalue weighted by molar-refractivity contribution is 5.84. The Bertz CT molecular complexity index is 2370. The van der Waals surface area contributed by atoms with Crippen molar-refractivity contribution in [2.45, 2.75) is 27.7 Å². The number of nitriles is 1. The number of aryl methyl sites for hydroxylation is 4. The summed E-state index contributed by atoms with van der Waals surface area (Å²) in [7, 11) is 0. The van der Waals surface area contributed by atoms with Crippen LogP contribution in [0, 0.1) is 45.6 Å². The Morgan fingerprint density at radius 2 is 0.821 bits per heavy atom. The Hall–Kier alpha value is -7.40. The summed E-state index contributed by atoms with van der Waals surface area (Å²) < 4.78 is 0. The van der Waals surface area contributed by atoms with E-state index in [0.29, 0.717) is 22.4 Å². The van der Waals surface area contributed by atoms with E-state index in [2.05, 4.69) is 194 Å². The average molecular weight is 723 g/mol. The Morgan fingerprint density at radius 1 is 0.446 bits per heavy atom. The topological polar surface area (TPSA) is 34.6 Å². The molecule has 7 aromatic carbocycles. The number of hydrogen-bond donors (Lipinski definition) is 0. The third-order valence-electron chi connectivity index (χ3n) is 9.69. The van der Waals surface area contributed by atoms with Crippen LogP contribution in [0.2, 0.25) is 0 Å². The first-order chi connectivity index (χ1) is 27.3. The second-order valence-corrected chi connectivity index (χ2v) is 14.1. The third kappa shape index (κ3) is 8.53. The molecule has 0 saturated carbocycles. The van der Waals surface area contributed by atoms with E-state index in [9.17, 15) is 5.26 Å². The average Bonchev–Trinajstić information content (AvgIpc) is 3.20. The fraction of sp³-hybridized carbons (Fsp3) is 0.0769. The molecule has 0 unspecified atom stereocenters. The van der Waals surface area contributed by atoms with Crippen molar-refractivity contribution in [3.63, 3.8) is 0 Å². The van der Waals surface area contributed by atoms with Crippen LogP contribution in [0.3, 0.4) is 0 Å². The van der Waals surface area contributed by atoms with Crippen LogP contribution in [0.25, 0.3) is 29.1 Å². The molecule has 4 nitrogen and oxygen atoms in total. The van der Waals surface area contributed by atoms with Crippen LogP contribution in [-0.2, 0) is 0 Å². The number of rotatable bonds is 10. The van der Waals surface area contributed by atoms with Crippen LogP contribution in [0.15, 0.2) is 158 Å². The lowest BCUT2D eigenvalue weighted by molar-refractivity contribution is 1.26. The monoisotopic (exact) mass is 722 g/mol. The highest BCUT2D eigenvalue weighted by atomic mass is 15.1. The van der Waals surface area contributed by atoms with Gasteiger partial charge in [0, 0.05) is 34.1 Å². The molecule has 4 heteroatoms. The second-order valence-electron chi connectivity index (χ2n) is 14.1. The second kappa shape index (κ2) is 16.7. The van der Waals surface area contributed by atoms with Gasteiger partial charge in [-0.05, 0) is 157 Å². The zero-order chi connectivity index (χ0) is 39.0. The summed E-state index contributed by atoms with van der Waals surface area (Å²) in [4.78, 5) is 8.36. The predicted molar refractivity (Wildman–Crippen MR) is 236 cm³/mol. The molecule has 7 aromatic rings. The van der Waals surface area contributed by atoms with Gasteiger partial charge in [0.05, 0.1) is 18.2 Å². The van der Waals surface area contributed by atoms with Crippen molar-refractivity contribution < 1.29 is 0 Å². The molecule has 0 aromatic heterocycles. The van der Waals surface area contributed by atoms with Gasteiger partial charge in [-0.3, -0.25) is 0 Å². The minimum atomic E-state index is 0.490. The third-order valence-corrected chi connectivity index (χ3v) is 9.69. The summed E-state index contributed by atoms with van der Waals surface area (Å²) in [5, 5.41) is 10.2. The van der Waals surface area contributed by atoms with Crippen LogP contribution in [0.4, 0.5) is 39.8 Å². The molecule has 0 aliphatic carbocycles. The summed E-state index contributed by atoms with van der Waals surface area (Å²) in [5.41, 5.74) is 15.7. The minimum absolute atomic E-state index is 0.490. The van der Waals surface area contributed by atoms with Gasteiger partial charge in [-0.25, -0.2) is 4.85 Å². The molecule has 0 radical (unpaired) electrons. The van der Waals surface area contributed by atoms with Crippen molar-refractivity contribution in [1.82, 2.24) is 0 Å².